The summed E-state index contributed by atoms with van der Waals surface area (Å²) in [7, 11) is -4.05. The summed E-state index contributed by atoms with van der Waals surface area (Å²) in [6.45, 7) is 1.59. The van der Waals surface area contributed by atoms with Crippen LogP contribution in [0.2, 0.25) is 0 Å². The maximum Gasteiger partial charge on any atom is 0.413 e. The van der Waals surface area contributed by atoms with E-state index < -0.39 is 22.8 Å². The highest BCUT2D eigenvalue weighted by molar-refractivity contribution is 7.89. The van der Waals surface area contributed by atoms with Crippen LogP contribution in [0.25, 0.3) is 0 Å². The first-order valence-corrected chi connectivity index (χ1v) is 6.69. The molecule has 0 aromatic carbocycles. The summed E-state index contributed by atoms with van der Waals surface area (Å²) in [5.74, 6) is 0. The van der Waals surface area contributed by atoms with Crippen LogP contribution in [0.15, 0.2) is 11.0 Å². The molecular formula is C8H10F3NO3S2. The molecular weight excluding hydrogens is 279 g/mol. The van der Waals surface area contributed by atoms with E-state index in [9.17, 15) is 21.6 Å². The highest BCUT2D eigenvalue weighted by Gasteiger charge is 2.29. The van der Waals surface area contributed by atoms with E-state index >= 15 is 0 Å². The first-order chi connectivity index (χ1) is 7.62. The van der Waals surface area contributed by atoms with E-state index in [1.165, 1.54) is 22.3 Å². The van der Waals surface area contributed by atoms with Crippen LogP contribution in [0.1, 0.15) is 9.75 Å². The maximum absolute atomic E-state index is 11.8. The SMILES string of the molecule is Cc1cc(S(=O)(=O)NOCC(F)(F)F)c(C)s1. The van der Waals surface area contributed by atoms with E-state index in [2.05, 4.69) is 4.84 Å². The van der Waals surface area contributed by atoms with Gasteiger partial charge in [0.1, 0.15) is 0 Å². The van der Waals surface area contributed by atoms with Crippen LogP contribution in [-0.2, 0) is 14.9 Å². The zero-order valence-electron chi connectivity index (χ0n) is 8.96. The van der Waals surface area contributed by atoms with E-state index in [1.807, 2.05) is 0 Å². The molecule has 0 fully saturated rings. The smallest absolute Gasteiger partial charge is 0.277 e. The summed E-state index contributed by atoms with van der Waals surface area (Å²) in [5, 5.41) is 0. The molecule has 0 saturated heterocycles. The summed E-state index contributed by atoms with van der Waals surface area (Å²) in [6, 6.07) is 1.37. The number of thiophene rings is 1. The number of aryl methyl sites for hydroxylation is 2. The molecule has 17 heavy (non-hydrogen) atoms. The topological polar surface area (TPSA) is 55.4 Å². The predicted molar refractivity (Wildman–Crippen MR) is 56.1 cm³/mol. The van der Waals surface area contributed by atoms with Crippen molar-refractivity contribution in [2.24, 2.45) is 0 Å². The van der Waals surface area contributed by atoms with Gasteiger partial charge in [-0.1, -0.05) is 4.89 Å². The monoisotopic (exact) mass is 289 g/mol. The van der Waals surface area contributed by atoms with Crippen LogP contribution < -0.4 is 4.89 Å². The van der Waals surface area contributed by atoms with Gasteiger partial charge < -0.3 is 0 Å². The lowest BCUT2D eigenvalue weighted by Gasteiger charge is -2.08. The average molecular weight is 289 g/mol. The molecule has 0 radical (unpaired) electrons. The number of nitrogens with one attached hydrogen (secondary N) is 1. The Morgan fingerprint density at radius 3 is 2.41 bits per heavy atom. The molecule has 0 unspecified atom stereocenters. The van der Waals surface area contributed by atoms with Gasteiger partial charge in [-0.25, -0.2) is 8.42 Å². The van der Waals surface area contributed by atoms with Crippen molar-refractivity contribution in [2.45, 2.75) is 24.9 Å². The molecule has 9 heteroatoms. The normalized spacial score (nSPS) is 13.0. The fourth-order valence-electron chi connectivity index (χ4n) is 1.11. The predicted octanol–water partition coefficient (Wildman–Crippen LogP) is 2.14. The summed E-state index contributed by atoms with van der Waals surface area (Å²) < 4.78 is 58.4. The fourth-order valence-corrected chi connectivity index (χ4v) is 3.47. The fraction of sp³-hybridized carbons (Fsp3) is 0.500. The first kappa shape index (κ1) is 14.4. The number of halogens is 3. The van der Waals surface area contributed by atoms with Gasteiger partial charge in [0.25, 0.3) is 10.0 Å². The van der Waals surface area contributed by atoms with Crippen molar-refractivity contribution in [1.29, 1.82) is 0 Å². The molecule has 4 nitrogen and oxygen atoms in total. The van der Waals surface area contributed by atoms with Crippen molar-refractivity contribution < 1.29 is 26.4 Å². The average Bonchev–Trinajstić information content (AvgIpc) is 2.43. The highest BCUT2D eigenvalue weighted by atomic mass is 32.2. The van der Waals surface area contributed by atoms with Crippen molar-refractivity contribution in [3.8, 4) is 0 Å². The van der Waals surface area contributed by atoms with E-state index in [0.29, 0.717) is 4.88 Å². The van der Waals surface area contributed by atoms with Gasteiger partial charge in [-0.2, -0.15) is 13.2 Å². The quantitative estimate of drug-likeness (QED) is 0.864. The van der Waals surface area contributed by atoms with Crippen LogP contribution in [0, 0.1) is 13.8 Å². The van der Waals surface area contributed by atoms with Crippen molar-refractivity contribution in [3.63, 3.8) is 0 Å². The lowest BCUT2D eigenvalue weighted by molar-refractivity contribution is -0.181. The van der Waals surface area contributed by atoms with Gasteiger partial charge in [-0.15, -0.1) is 11.3 Å². The van der Waals surface area contributed by atoms with E-state index in [-0.39, 0.29) is 4.90 Å². The Hall–Kier alpha value is -0.640. The van der Waals surface area contributed by atoms with Gasteiger partial charge in [-0.3, -0.25) is 4.84 Å². The van der Waals surface area contributed by atoms with Crippen LogP contribution in [0.4, 0.5) is 13.2 Å². The van der Waals surface area contributed by atoms with Crippen molar-refractivity contribution >= 4 is 21.4 Å². The van der Waals surface area contributed by atoms with Gasteiger partial charge in [0.2, 0.25) is 0 Å². The number of rotatable bonds is 4. The van der Waals surface area contributed by atoms with Gasteiger partial charge in [0.05, 0.1) is 4.90 Å². The second-order valence-corrected chi connectivity index (χ2v) is 6.34. The minimum Gasteiger partial charge on any atom is -0.277 e. The number of hydrogen-bond donors (Lipinski definition) is 1. The van der Waals surface area contributed by atoms with Crippen LogP contribution in [-0.4, -0.2) is 21.2 Å². The molecule has 0 saturated carbocycles. The van der Waals surface area contributed by atoms with Crippen molar-refractivity contribution in [2.75, 3.05) is 6.61 Å². The third kappa shape index (κ3) is 4.26. The van der Waals surface area contributed by atoms with Crippen LogP contribution >= 0.6 is 11.3 Å². The molecule has 0 bridgehead atoms. The molecule has 1 aromatic rings. The molecule has 1 heterocycles. The van der Waals surface area contributed by atoms with E-state index in [4.69, 9.17) is 0 Å². The van der Waals surface area contributed by atoms with Gasteiger partial charge in [0.15, 0.2) is 6.61 Å². The molecule has 0 spiro atoms. The molecule has 1 N–H and O–H groups in total. The molecule has 0 aliphatic rings. The first-order valence-electron chi connectivity index (χ1n) is 4.39. The highest BCUT2D eigenvalue weighted by Crippen LogP contribution is 2.24. The molecule has 1 aromatic heterocycles. The molecule has 0 aliphatic carbocycles. The molecule has 0 atom stereocenters. The summed E-state index contributed by atoms with van der Waals surface area (Å²) in [6.07, 6.45) is -4.58. The Kier molecular flexibility index (Phi) is 4.18. The van der Waals surface area contributed by atoms with Gasteiger partial charge in [-0.05, 0) is 19.9 Å². The van der Waals surface area contributed by atoms with Crippen molar-refractivity contribution in [3.05, 3.63) is 15.8 Å². The Bertz CT molecular complexity index is 493. The second kappa shape index (κ2) is 4.92. The lowest BCUT2D eigenvalue weighted by atomic mass is 10.4. The van der Waals surface area contributed by atoms with E-state index in [0.717, 1.165) is 4.88 Å². The second-order valence-electron chi connectivity index (χ2n) is 3.27. The van der Waals surface area contributed by atoms with E-state index in [1.54, 1.807) is 13.8 Å². The molecule has 1 rings (SSSR count). The summed E-state index contributed by atoms with van der Waals surface area (Å²) in [5.41, 5.74) is 0. The lowest BCUT2D eigenvalue weighted by Crippen LogP contribution is -2.29. The zero-order valence-corrected chi connectivity index (χ0v) is 10.6. The third-order valence-electron chi connectivity index (χ3n) is 1.69. The Labute approximate surface area is 100 Å². The maximum atomic E-state index is 11.8. The van der Waals surface area contributed by atoms with Crippen molar-refractivity contribution in [1.82, 2.24) is 4.89 Å². The standard InChI is InChI=1S/C8H10F3NO3S2/c1-5-3-7(6(2)16-5)17(13,14)12-15-4-8(9,10)11/h3,12H,4H2,1-2H3. The number of sulfonamides is 1. The molecule has 0 amide bonds. The minimum absolute atomic E-state index is 0.0674. The minimum atomic E-state index is -4.58. The summed E-state index contributed by atoms with van der Waals surface area (Å²) in [4.78, 5) is 6.54. The van der Waals surface area contributed by atoms with Gasteiger partial charge >= 0.3 is 6.18 Å². The largest absolute Gasteiger partial charge is 0.413 e. The van der Waals surface area contributed by atoms with Crippen LogP contribution in [0.3, 0.4) is 0 Å². The Morgan fingerprint density at radius 1 is 1.41 bits per heavy atom. The Balaban J connectivity index is 2.73. The zero-order chi connectivity index (χ0) is 13.3. The molecule has 98 valence electrons. The third-order valence-corrected chi connectivity index (χ3v) is 4.12. The Morgan fingerprint density at radius 2 is 2.00 bits per heavy atom. The van der Waals surface area contributed by atoms with Crippen LogP contribution in [0.5, 0.6) is 0 Å². The number of alkyl halides is 3. The number of hydrogen-bond acceptors (Lipinski definition) is 4. The van der Waals surface area contributed by atoms with Gasteiger partial charge in [0, 0.05) is 9.75 Å². The molecule has 0 aliphatic heterocycles. The summed E-state index contributed by atoms with van der Waals surface area (Å²) >= 11 is 1.24.